The lowest BCUT2D eigenvalue weighted by Gasteiger charge is -1.94. The van der Waals surface area contributed by atoms with Crippen molar-refractivity contribution in [1.29, 1.82) is 0 Å². The van der Waals surface area contributed by atoms with Crippen LogP contribution in [0.15, 0.2) is 0 Å². The lowest BCUT2D eigenvalue weighted by Crippen LogP contribution is -2.17. The molecule has 0 saturated carbocycles. The summed E-state index contributed by atoms with van der Waals surface area (Å²) in [6.07, 6.45) is -1.73. The number of ketones is 1. The number of aliphatic hydroxyl groups excluding tert-OH is 1. The van der Waals surface area contributed by atoms with Crippen LogP contribution < -0.4 is 0 Å². The highest BCUT2D eigenvalue weighted by atomic mass is 31.1. The third-order valence-electron chi connectivity index (χ3n) is 0.751. The van der Waals surface area contributed by atoms with E-state index in [0.717, 1.165) is 0 Å². The van der Waals surface area contributed by atoms with Crippen LogP contribution in [0.3, 0.4) is 0 Å². The normalized spacial score (nSPS) is 12.7. The maximum atomic E-state index is 10.3. The fourth-order valence-corrected chi connectivity index (χ4v) is 0.778. The van der Waals surface area contributed by atoms with Gasteiger partial charge < -0.3 is 5.11 Å². The number of carbonyl (C=O) groups is 1. The molecule has 52 valence electrons. The largest absolute Gasteiger partial charge is 0.386 e. The molecule has 9 heavy (non-hydrogen) atoms. The molecule has 0 spiro atoms. The predicted octanol–water partition coefficient (Wildman–Crippen LogP) is 0.109. The molecule has 0 aliphatic heterocycles. The minimum Gasteiger partial charge on any atom is -0.386 e. The molecule has 0 amide bonds. The van der Waals surface area contributed by atoms with Crippen LogP contribution in [-0.2, 0) is 13.9 Å². The van der Waals surface area contributed by atoms with Gasteiger partial charge >= 0.3 is 7.68 Å². The number of carbonyl (C=O) groups excluding carboxylic acids is 1. The Morgan fingerprint density at radius 3 is 2.22 bits per heavy atom. The van der Waals surface area contributed by atoms with Crippen LogP contribution in [-0.4, -0.2) is 23.2 Å². The third-order valence-corrected chi connectivity index (χ3v) is 1.32. The van der Waals surface area contributed by atoms with Crippen LogP contribution in [0.2, 0.25) is 0 Å². The molecule has 0 fully saturated rings. The summed E-state index contributed by atoms with van der Waals surface area (Å²) in [6, 6.07) is 0. The molecular formula is C4H7O4P. The highest BCUT2D eigenvalue weighted by molar-refractivity contribution is 7.32. The van der Waals surface area contributed by atoms with Gasteiger partial charge in [0.15, 0.2) is 5.78 Å². The molecule has 0 heterocycles. The maximum Gasteiger partial charge on any atom is 0.323 e. The van der Waals surface area contributed by atoms with E-state index in [1.807, 2.05) is 0 Å². The van der Waals surface area contributed by atoms with Crippen LogP contribution in [0.4, 0.5) is 0 Å². The number of hydrogen-bond acceptors (Lipinski definition) is 4. The molecule has 0 rings (SSSR count). The highest BCUT2D eigenvalue weighted by Crippen LogP contribution is 2.03. The van der Waals surface area contributed by atoms with E-state index in [-0.39, 0.29) is 0 Å². The Balaban J connectivity index is 3.79. The molecule has 1 atom stereocenters. The lowest BCUT2D eigenvalue weighted by atomic mass is 10.3. The second kappa shape index (κ2) is 3.54. The monoisotopic (exact) mass is 150 g/mol. The van der Waals surface area contributed by atoms with Crippen molar-refractivity contribution in [2.24, 2.45) is 0 Å². The molecule has 0 radical (unpaired) electrons. The number of aliphatic hydroxyl groups is 1. The van der Waals surface area contributed by atoms with Gasteiger partial charge in [0.05, 0.1) is 0 Å². The molecule has 0 aromatic heterocycles. The molecule has 0 aromatic carbocycles. The summed E-state index contributed by atoms with van der Waals surface area (Å²) in [5.74, 6) is -0.661. The highest BCUT2D eigenvalue weighted by Gasteiger charge is 2.10. The van der Waals surface area contributed by atoms with Crippen molar-refractivity contribution < 1.29 is 19.0 Å². The van der Waals surface area contributed by atoms with Gasteiger partial charge in [0.1, 0.15) is 12.3 Å². The van der Waals surface area contributed by atoms with Crippen LogP contribution >= 0.6 is 7.68 Å². The fraction of sp³-hybridized carbons (Fsp3) is 0.750. The van der Waals surface area contributed by atoms with Crippen LogP contribution in [0, 0.1) is 0 Å². The Kier molecular flexibility index (Phi) is 3.35. The van der Waals surface area contributed by atoms with Gasteiger partial charge in [0, 0.05) is 0 Å². The molecule has 0 saturated heterocycles. The van der Waals surface area contributed by atoms with Gasteiger partial charge in [0.25, 0.3) is 0 Å². The van der Waals surface area contributed by atoms with E-state index < -0.39 is 25.7 Å². The summed E-state index contributed by atoms with van der Waals surface area (Å²) in [5.41, 5.74) is 0. The van der Waals surface area contributed by atoms with Gasteiger partial charge in [0.2, 0.25) is 0 Å². The summed E-state index contributed by atoms with van der Waals surface area (Å²) >= 11 is 0. The quantitative estimate of drug-likeness (QED) is 0.579. The zero-order chi connectivity index (χ0) is 7.44. The van der Waals surface area contributed by atoms with Crippen LogP contribution in [0.5, 0.6) is 0 Å². The number of Topliss-reactive ketones (excluding diaryl/α,β-unsaturated/α-hetero) is 1. The van der Waals surface area contributed by atoms with Crippen molar-refractivity contribution in [2.75, 3.05) is 6.16 Å². The number of rotatable bonds is 3. The number of hydrogen-bond donors (Lipinski definition) is 1. The van der Waals surface area contributed by atoms with Crippen molar-refractivity contribution in [3.8, 4) is 0 Å². The van der Waals surface area contributed by atoms with Crippen molar-refractivity contribution in [3.63, 3.8) is 0 Å². The third kappa shape index (κ3) is 4.06. The summed E-state index contributed by atoms with van der Waals surface area (Å²) in [7, 11) is -2.68. The molecule has 5 heteroatoms. The molecule has 0 aliphatic carbocycles. The molecule has 1 N–H and O–H groups in total. The standard InChI is InChI=1S/C4H7O4P/c1-3(5)4(6)2-9(7)8/h3,5H,2H2,1H3. The summed E-state index contributed by atoms with van der Waals surface area (Å²) in [4.78, 5) is 10.3. The van der Waals surface area contributed by atoms with E-state index >= 15 is 0 Å². The van der Waals surface area contributed by atoms with Gasteiger partial charge in [-0.25, -0.2) is 9.13 Å². The average molecular weight is 150 g/mol. The van der Waals surface area contributed by atoms with Crippen molar-refractivity contribution in [3.05, 3.63) is 0 Å². The average Bonchev–Trinajstić information content (AvgIpc) is 1.63. The van der Waals surface area contributed by atoms with Crippen LogP contribution in [0.25, 0.3) is 0 Å². The van der Waals surface area contributed by atoms with E-state index in [1.54, 1.807) is 0 Å². The molecule has 0 aliphatic rings. The van der Waals surface area contributed by atoms with E-state index in [9.17, 15) is 13.9 Å². The minimum atomic E-state index is -2.68. The van der Waals surface area contributed by atoms with Gasteiger partial charge in [-0.15, -0.1) is 0 Å². The zero-order valence-electron chi connectivity index (χ0n) is 4.90. The molecular weight excluding hydrogens is 143 g/mol. The smallest absolute Gasteiger partial charge is 0.323 e. The Bertz CT molecular complexity index is 161. The molecule has 0 aromatic rings. The Morgan fingerprint density at radius 1 is 1.67 bits per heavy atom. The summed E-state index contributed by atoms with van der Waals surface area (Å²) in [5, 5.41) is 8.45. The molecule has 1 unspecified atom stereocenters. The van der Waals surface area contributed by atoms with E-state index in [4.69, 9.17) is 5.11 Å². The Morgan fingerprint density at radius 2 is 2.11 bits per heavy atom. The second-order valence-electron chi connectivity index (χ2n) is 1.63. The first-order valence-electron chi connectivity index (χ1n) is 2.36. The van der Waals surface area contributed by atoms with E-state index in [0.29, 0.717) is 0 Å². The first kappa shape index (κ1) is 8.53. The van der Waals surface area contributed by atoms with E-state index in [1.165, 1.54) is 6.92 Å². The summed E-state index contributed by atoms with van der Waals surface area (Å²) < 4.78 is 19.6. The second-order valence-corrected chi connectivity index (χ2v) is 2.61. The first-order valence-corrected chi connectivity index (χ1v) is 3.73. The molecule has 4 nitrogen and oxygen atoms in total. The molecule has 0 bridgehead atoms. The van der Waals surface area contributed by atoms with Crippen LogP contribution in [0.1, 0.15) is 6.92 Å². The van der Waals surface area contributed by atoms with E-state index in [2.05, 4.69) is 0 Å². The Hall–Kier alpha value is -0.470. The maximum absolute atomic E-state index is 10.3. The fourth-order valence-electron chi connectivity index (χ4n) is 0.259. The van der Waals surface area contributed by atoms with Gasteiger partial charge in [-0.05, 0) is 6.92 Å². The lowest BCUT2D eigenvalue weighted by molar-refractivity contribution is -0.123. The van der Waals surface area contributed by atoms with Gasteiger partial charge in [-0.3, -0.25) is 4.79 Å². The summed E-state index contributed by atoms with van der Waals surface area (Å²) in [6.45, 7) is 1.24. The first-order chi connectivity index (χ1) is 4.04. The topological polar surface area (TPSA) is 71.4 Å². The SMILES string of the molecule is CC(O)C(=O)CP(=O)=O. The predicted molar refractivity (Wildman–Crippen MR) is 29.8 cm³/mol. The van der Waals surface area contributed by atoms with Gasteiger partial charge in [-0.1, -0.05) is 0 Å². The Labute approximate surface area is 52.7 Å². The van der Waals surface area contributed by atoms with Crippen molar-refractivity contribution in [1.82, 2.24) is 0 Å². The minimum absolute atomic E-state index is 0.562. The van der Waals surface area contributed by atoms with Gasteiger partial charge in [-0.2, -0.15) is 0 Å². The van der Waals surface area contributed by atoms with Crippen molar-refractivity contribution >= 4 is 13.5 Å². The van der Waals surface area contributed by atoms with Crippen molar-refractivity contribution in [2.45, 2.75) is 13.0 Å². The zero-order valence-corrected chi connectivity index (χ0v) is 5.80.